The fourth-order valence-corrected chi connectivity index (χ4v) is 4.54. The third kappa shape index (κ3) is 5.11. The summed E-state index contributed by atoms with van der Waals surface area (Å²) in [7, 11) is 7.28. The minimum absolute atomic E-state index is 0.0189. The van der Waals surface area contributed by atoms with Crippen LogP contribution in [0.25, 0.3) is 0 Å². The molecule has 0 radical (unpaired) electrons. The molecular formula is C28H33N3O3. The predicted octanol–water partition coefficient (Wildman–Crippen LogP) is 4.23. The van der Waals surface area contributed by atoms with Gasteiger partial charge in [-0.05, 0) is 53.4 Å². The summed E-state index contributed by atoms with van der Waals surface area (Å²) in [5, 5.41) is 3.18. The first-order valence-electron chi connectivity index (χ1n) is 11.6. The molecule has 1 amide bonds. The lowest BCUT2D eigenvalue weighted by molar-refractivity contribution is -0.120. The Bertz CT molecular complexity index is 1130. The van der Waals surface area contributed by atoms with Crippen molar-refractivity contribution < 1.29 is 14.3 Å². The fraction of sp³-hybridized carbons (Fsp3) is 0.321. The Morgan fingerprint density at radius 2 is 1.74 bits per heavy atom. The van der Waals surface area contributed by atoms with Crippen LogP contribution in [-0.2, 0) is 17.6 Å². The molecule has 6 heteroatoms. The molecule has 1 atom stereocenters. The standard InChI is InChI=1S/C28H33N3O3/c1-30(2)23-12-10-22(11-13-23)25(31-16-15-21-7-5-6-8-24(21)31)19-29-28(32)18-20-9-14-26(33-3)27(17-20)34-4/h5-14,17,25H,15-16,18-19H2,1-4H3,(H,29,32). The van der Waals surface area contributed by atoms with Gasteiger partial charge in [-0.2, -0.15) is 0 Å². The molecule has 4 rings (SSSR count). The van der Waals surface area contributed by atoms with Gasteiger partial charge in [0.05, 0.1) is 26.7 Å². The molecule has 3 aromatic carbocycles. The van der Waals surface area contributed by atoms with Crippen molar-refractivity contribution in [2.45, 2.75) is 18.9 Å². The predicted molar refractivity (Wildman–Crippen MR) is 137 cm³/mol. The van der Waals surface area contributed by atoms with Crippen LogP contribution in [0.15, 0.2) is 66.7 Å². The summed E-state index contributed by atoms with van der Waals surface area (Å²) in [5.41, 5.74) is 5.83. The summed E-state index contributed by atoms with van der Waals surface area (Å²) in [6, 6.07) is 22.8. The van der Waals surface area contributed by atoms with Gasteiger partial charge in [0.1, 0.15) is 0 Å². The smallest absolute Gasteiger partial charge is 0.224 e. The van der Waals surface area contributed by atoms with Crippen molar-refractivity contribution in [3.8, 4) is 11.5 Å². The Hall–Kier alpha value is -3.67. The number of amides is 1. The molecule has 1 unspecified atom stereocenters. The largest absolute Gasteiger partial charge is 0.493 e. The summed E-state index contributed by atoms with van der Waals surface area (Å²) < 4.78 is 10.7. The highest BCUT2D eigenvalue weighted by molar-refractivity contribution is 5.79. The van der Waals surface area contributed by atoms with Crippen LogP contribution in [0.2, 0.25) is 0 Å². The van der Waals surface area contributed by atoms with E-state index in [1.807, 2.05) is 32.3 Å². The van der Waals surface area contributed by atoms with Crippen molar-refractivity contribution in [2.24, 2.45) is 0 Å². The number of para-hydroxylation sites is 1. The number of nitrogens with zero attached hydrogens (tertiary/aromatic N) is 2. The van der Waals surface area contributed by atoms with Gasteiger partial charge >= 0.3 is 0 Å². The summed E-state index contributed by atoms with van der Waals surface area (Å²) in [6.45, 7) is 1.47. The van der Waals surface area contributed by atoms with Gasteiger partial charge in [0, 0.05) is 38.6 Å². The highest BCUT2D eigenvalue weighted by atomic mass is 16.5. The lowest BCUT2D eigenvalue weighted by Crippen LogP contribution is -2.38. The van der Waals surface area contributed by atoms with E-state index in [1.165, 1.54) is 16.8 Å². The highest BCUT2D eigenvalue weighted by Gasteiger charge is 2.27. The van der Waals surface area contributed by atoms with E-state index in [0.29, 0.717) is 18.0 Å². The van der Waals surface area contributed by atoms with E-state index in [0.717, 1.165) is 24.2 Å². The fourth-order valence-electron chi connectivity index (χ4n) is 4.54. The van der Waals surface area contributed by atoms with Crippen LogP contribution in [0.1, 0.15) is 22.7 Å². The van der Waals surface area contributed by atoms with Gasteiger partial charge in [0.15, 0.2) is 11.5 Å². The number of carbonyl (C=O) groups is 1. The monoisotopic (exact) mass is 459 g/mol. The van der Waals surface area contributed by atoms with Crippen molar-refractivity contribution >= 4 is 17.3 Å². The number of hydrogen-bond donors (Lipinski definition) is 1. The molecule has 178 valence electrons. The summed E-state index contributed by atoms with van der Waals surface area (Å²) in [4.78, 5) is 17.4. The molecule has 6 nitrogen and oxygen atoms in total. The van der Waals surface area contributed by atoms with Crippen molar-refractivity contribution in [3.05, 3.63) is 83.4 Å². The molecule has 3 aromatic rings. The number of benzene rings is 3. The number of rotatable bonds is 9. The summed E-state index contributed by atoms with van der Waals surface area (Å²) >= 11 is 0. The molecular weight excluding hydrogens is 426 g/mol. The van der Waals surface area contributed by atoms with Gasteiger partial charge < -0.3 is 24.6 Å². The van der Waals surface area contributed by atoms with Crippen molar-refractivity contribution in [1.82, 2.24) is 5.32 Å². The lowest BCUT2D eigenvalue weighted by Gasteiger charge is -2.31. The molecule has 34 heavy (non-hydrogen) atoms. The normalized spacial score (nSPS) is 13.2. The molecule has 0 aliphatic carbocycles. The first kappa shape index (κ1) is 23.5. The Kier molecular flexibility index (Phi) is 7.26. The molecule has 0 bridgehead atoms. The zero-order chi connectivity index (χ0) is 24.1. The molecule has 1 heterocycles. The Morgan fingerprint density at radius 3 is 2.44 bits per heavy atom. The van der Waals surface area contributed by atoms with Gasteiger partial charge in [-0.25, -0.2) is 0 Å². The van der Waals surface area contributed by atoms with Gasteiger partial charge in [-0.15, -0.1) is 0 Å². The minimum Gasteiger partial charge on any atom is -0.493 e. The summed E-state index contributed by atoms with van der Waals surface area (Å²) in [6.07, 6.45) is 1.30. The van der Waals surface area contributed by atoms with Gasteiger partial charge in [0.25, 0.3) is 0 Å². The Morgan fingerprint density at radius 1 is 1.00 bits per heavy atom. The zero-order valence-electron chi connectivity index (χ0n) is 20.4. The van der Waals surface area contributed by atoms with E-state index in [4.69, 9.17) is 9.47 Å². The quantitative estimate of drug-likeness (QED) is 0.519. The Labute approximate surface area is 202 Å². The Balaban J connectivity index is 1.51. The van der Waals surface area contributed by atoms with E-state index >= 15 is 0 Å². The first-order valence-corrected chi connectivity index (χ1v) is 11.6. The average Bonchev–Trinajstić information content (AvgIpc) is 3.28. The number of anilines is 2. The highest BCUT2D eigenvalue weighted by Crippen LogP contribution is 2.35. The first-order chi connectivity index (χ1) is 16.5. The average molecular weight is 460 g/mol. The van der Waals surface area contributed by atoms with Crippen LogP contribution in [0.4, 0.5) is 11.4 Å². The van der Waals surface area contributed by atoms with Gasteiger partial charge in [-0.1, -0.05) is 36.4 Å². The third-order valence-corrected chi connectivity index (χ3v) is 6.40. The van der Waals surface area contributed by atoms with Crippen molar-refractivity contribution in [1.29, 1.82) is 0 Å². The maximum Gasteiger partial charge on any atom is 0.224 e. The van der Waals surface area contributed by atoms with Crippen LogP contribution in [0.3, 0.4) is 0 Å². The van der Waals surface area contributed by atoms with Crippen molar-refractivity contribution in [3.63, 3.8) is 0 Å². The van der Waals surface area contributed by atoms with Crippen LogP contribution in [0.5, 0.6) is 11.5 Å². The third-order valence-electron chi connectivity index (χ3n) is 6.40. The number of methoxy groups -OCH3 is 2. The number of nitrogens with one attached hydrogen (secondary N) is 1. The molecule has 0 saturated carbocycles. The van der Waals surface area contributed by atoms with Gasteiger partial charge in [0.2, 0.25) is 5.91 Å². The maximum atomic E-state index is 12.9. The van der Waals surface area contributed by atoms with Crippen LogP contribution in [0, 0.1) is 0 Å². The maximum absolute atomic E-state index is 12.9. The van der Waals surface area contributed by atoms with E-state index < -0.39 is 0 Å². The molecule has 0 fully saturated rings. The van der Waals surface area contributed by atoms with E-state index in [-0.39, 0.29) is 18.4 Å². The van der Waals surface area contributed by atoms with Gasteiger partial charge in [-0.3, -0.25) is 4.79 Å². The minimum atomic E-state index is -0.0189. The second-order valence-electron chi connectivity index (χ2n) is 8.74. The lowest BCUT2D eigenvalue weighted by atomic mass is 10.0. The van der Waals surface area contributed by atoms with Crippen LogP contribution < -0.4 is 24.6 Å². The SMILES string of the molecule is COc1ccc(CC(=O)NCC(c2ccc(N(C)C)cc2)N2CCc3ccccc32)cc1OC. The number of hydrogen-bond acceptors (Lipinski definition) is 5. The topological polar surface area (TPSA) is 54.0 Å². The summed E-state index contributed by atoms with van der Waals surface area (Å²) in [5.74, 6) is 1.26. The number of carbonyl (C=O) groups excluding carboxylic acids is 1. The van der Waals surface area contributed by atoms with E-state index in [1.54, 1.807) is 14.2 Å². The van der Waals surface area contributed by atoms with Crippen LogP contribution >= 0.6 is 0 Å². The van der Waals surface area contributed by atoms with E-state index in [9.17, 15) is 4.79 Å². The molecule has 1 aliphatic heterocycles. The second kappa shape index (κ2) is 10.5. The zero-order valence-corrected chi connectivity index (χ0v) is 20.4. The molecule has 0 spiro atoms. The molecule has 0 aromatic heterocycles. The second-order valence-corrected chi connectivity index (χ2v) is 8.74. The molecule has 0 saturated heterocycles. The molecule has 1 aliphatic rings. The van der Waals surface area contributed by atoms with Crippen molar-refractivity contribution in [2.75, 3.05) is 51.2 Å². The van der Waals surface area contributed by atoms with Crippen LogP contribution in [-0.4, -0.2) is 47.3 Å². The molecule has 1 N–H and O–H groups in total. The number of fused-ring (bicyclic) bond motifs is 1. The number of ether oxygens (including phenoxy) is 2. The van der Waals surface area contributed by atoms with E-state index in [2.05, 4.69) is 63.6 Å².